The molecule has 0 N–H and O–H groups in total. The third kappa shape index (κ3) is 2.88. The normalized spacial score (nSPS) is 11.0. The number of rotatable bonds is 3. The molecule has 0 radical (unpaired) electrons. The summed E-state index contributed by atoms with van der Waals surface area (Å²) in [5, 5.41) is 9.16. The van der Waals surface area contributed by atoms with Gasteiger partial charge in [-0.1, -0.05) is 11.6 Å². The lowest BCUT2D eigenvalue weighted by molar-refractivity contribution is 0.415. The van der Waals surface area contributed by atoms with E-state index in [1.807, 2.05) is 0 Å². The molecule has 0 aliphatic rings. The van der Waals surface area contributed by atoms with Crippen LogP contribution in [0, 0.1) is 0 Å². The van der Waals surface area contributed by atoms with Crippen molar-refractivity contribution >= 4 is 22.6 Å². The molecule has 4 rings (SSSR count). The average Bonchev–Trinajstić information content (AvgIpc) is 3.11. The first-order valence-electron chi connectivity index (χ1n) is 7.36. The quantitative estimate of drug-likeness (QED) is 0.514. The molecule has 4 aromatic rings. The third-order valence-corrected chi connectivity index (χ3v) is 3.92. The van der Waals surface area contributed by atoms with E-state index in [0.717, 1.165) is 5.75 Å². The van der Waals surface area contributed by atoms with Gasteiger partial charge in [0.1, 0.15) is 16.9 Å². The average molecular weight is 355 g/mol. The van der Waals surface area contributed by atoms with Crippen LogP contribution in [0.3, 0.4) is 0 Å². The third-order valence-electron chi connectivity index (χ3n) is 3.69. The minimum absolute atomic E-state index is 0.0847. The Hall–Kier alpha value is -3.12. The molecule has 0 bridgehead atoms. The lowest BCUT2D eigenvalue weighted by atomic mass is 10.2. The van der Waals surface area contributed by atoms with Crippen LogP contribution in [0.4, 0.5) is 0 Å². The van der Waals surface area contributed by atoms with Crippen molar-refractivity contribution in [2.45, 2.75) is 0 Å². The van der Waals surface area contributed by atoms with Crippen LogP contribution in [0.2, 0.25) is 5.02 Å². The first-order valence-corrected chi connectivity index (χ1v) is 7.73. The number of fused-ring (bicyclic) bond motifs is 1. The Bertz CT molecular complexity index is 1120. The van der Waals surface area contributed by atoms with Crippen LogP contribution in [-0.2, 0) is 0 Å². The Kier molecular flexibility index (Phi) is 3.74. The van der Waals surface area contributed by atoms with Crippen molar-refractivity contribution in [3.8, 4) is 28.7 Å². The minimum Gasteiger partial charge on any atom is -0.497 e. The fourth-order valence-electron chi connectivity index (χ4n) is 2.43. The van der Waals surface area contributed by atoms with E-state index in [2.05, 4.69) is 10.2 Å². The molecule has 0 saturated heterocycles. The van der Waals surface area contributed by atoms with Gasteiger partial charge in [-0.05, 0) is 48.5 Å². The number of methoxy groups -OCH3 is 1. The molecule has 0 unspecified atom stereocenters. The molecule has 0 saturated carbocycles. The Morgan fingerprint density at radius 1 is 0.960 bits per heavy atom. The van der Waals surface area contributed by atoms with Crippen molar-refractivity contribution in [1.29, 1.82) is 0 Å². The van der Waals surface area contributed by atoms with Crippen molar-refractivity contribution < 1.29 is 13.6 Å². The molecule has 2 aromatic heterocycles. The lowest BCUT2D eigenvalue weighted by Crippen LogP contribution is -2.02. The fraction of sp³-hybridized carbons (Fsp3) is 0.0556. The maximum atomic E-state index is 12.2. The van der Waals surface area contributed by atoms with E-state index in [-0.39, 0.29) is 11.5 Å². The molecule has 2 aromatic carbocycles. The largest absolute Gasteiger partial charge is 0.497 e. The van der Waals surface area contributed by atoms with Crippen LogP contribution in [0.15, 0.2) is 62.2 Å². The highest BCUT2D eigenvalue weighted by Crippen LogP contribution is 2.26. The number of hydrogen-bond donors (Lipinski definition) is 0. The maximum absolute atomic E-state index is 12.2. The topological polar surface area (TPSA) is 78.4 Å². The number of ether oxygens (including phenoxy) is 1. The second kappa shape index (κ2) is 6.07. The van der Waals surface area contributed by atoms with Gasteiger partial charge >= 0.3 is 5.63 Å². The highest BCUT2D eigenvalue weighted by molar-refractivity contribution is 6.31. The lowest BCUT2D eigenvalue weighted by Gasteiger charge is -2.00. The summed E-state index contributed by atoms with van der Waals surface area (Å²) in [6.45, 7) is 0. The highest BCUT2D eigenvalue weighted by Gasteiger charge is 2.16. The zero-order valence-electron chi connectivity index (χ0n) is 13.0. The molecule has 0 aliphatic heterocycles. The predicted molar refractivity (Wildman–Crippen MR) is 92.8 cm³/mol. The van der Waals surface area contributed by atoms with Crippen LogP contribution in [0.25, 0.3) is 33.9 Å². The number of halogens is 1. The zero-order valence-corrected chi connectivity index (χ0v) is 13.8. The molecule has 7 heteroatoms. The summed E-state index contributed by atoms with van der Waals surface area (Å²) in [6.07, 6.45) is 0. The molecule has 0 aliphatic carbocycles. The zero-order chi connectivity index (χ0) is 17.4. The monoisotopic (exact) mass is 354 g/mol. The van der Waals surface area contributed by atoms with Gasteiger partial charge in [-0.15, -0.1) is 10.2 Å². The summed E-state index contributed by atoms with van der Waals surface area (Å²) in [6, 6.07) is 13.8. The Balaban J connectivity index is 1.77. The van der Waals surface area contributed by atoms with Crippen LogP contribution in [-0.4, -0.2) is 17.3 Å². The van der Waals surface area contributed by atoms with Crippen LogP contribution < -0.4 is 10.4 Å². The highest BCUT2D eigenvalue weighted by atomic mass is 35.5. The fourth-order valence-corrected chi connectivity index (χ4v) is 2.61. The maximum Gasteiger partial charge on any atom is 0.349 e. The van der Waals surface area contributed by atoms with Crippen molar-refractivity contribution in [2.24, 2.45) is 0 Å². The number of benzene rings is 2. The summed E-state index contributed by atoms with van der Waals surface area (Å²) in [5.74, 6) is 1.10. The van der Waals surface area contributed by atoms with Gasteiger partial charge in [-0.25, -0.2) is 4.79 Å². The van der Waals surface area contributed by atoms with E-state index in [1.165, 1.54) is 0 Å². The van der Waals surface area contributed by atoms with Crippen molar-refractivity contribution in [3.63, 3.8) is 0 Å². The predicted octanol–water partition coefficient (Wildman–Crippen LogP) is 4.17. The smallest absolute Gasteiger partial charge is 0.349 e. The summed E-state index contributed by atoms with van der Waals surface area (Å²) in [7, 11) is 1.59. The molecule has 6 nitrogen and oxygen atoms in total. The van der Waals surface area contributed by atoms with Crippen molar-refractivity contribution in [3.05, 3.63) is 64.0 Å². The summed E-state index contributed by atoms with van der Waals surface area (Å²) < 4.78 is 16.0. The van der Waals surface area contributed by atoms with Crippen molar-refractivity contribution in [1.82, 2.24) is 10.2 Å². The molecule has 0 fully saturated rings. The Morgan fingerprint density at radius 2 is 1.72 bits per heavy atom. The van der Waals surface area contributed by atoms with E-state index >= 15 is 0 Å². The van der Waals surface area contributed by atoms with Gasteiger partial charge in [0.2, 0.25) is 5.89 Å². The van der Waals surface area contributed by atoms with Gasteiger partial charge in [0, 0.05) is 16.0 Å². The number of aromatic nitrogens is 2. The van der Waals surface area contributed by atoms with Gasteiger partial charge in [0.25, 0.3) is 5.89 Å². The molecular weight excluding hydrogens is 344 g/mol. The first-order chi connectivity index (χ1) is 12.1. The van der Waals surface area contributed by atoms with Gasteiger partial charge in [-0.3, -0.25) is 0 Å². The summed E-state index contributed by atoms with van der Waals surface area (Å²) >= 11 is 5.98. The van der Waals surface area contributed by atoms with E-state index in [1.54, 1.807) is 55.6 Å². The summed E-state index contributed by atoms with van der Waals surface area (Å²) in [4.78, 5) is 12.2. The molecule has 124 valence electrons. The summed E-state index contributed by atoms with van der Waals surface area (Å²) in [5.41, 5.74) is 0.780. The molecule has 0 atom stereocenters. The van der Waals surface area contributed by atoms with Gasteiger partial charge < -0.3 is 13.6 Å². The SMILES string of the molecule is COc1ccc(-c2nnc(-c3cc4cc(Cl)ccc4oc3=O)o2)cc1. The first kappa shape index (κ1) is 15.4. The minimum atomic E-state index is -0.556. The van der Waals surface area contributed by atoms with Gasteiger partial charge in [0.05, 0.1) is 7.11 Å². The van der Waals surface area contributed by atoms with E-state index in [9.17, 15) is 4.79 Å². The second-order valence-corrected chi connectivity index (χ2v) is 5.71. The Morgan fingerprint density at radius 3 is 2.48 bits per heavy atom. The number of hydrogen-bond acceptors (Lipinski definition) is 6. The molecule has 25 heavy (non-hydrogen) atoms. The molecule has 0 amide bonds. The van der Waals surface area contributed by atoms with Gasteiger partial charge in [-0.2, -0.15) is 0 Å². The van der Waals surface area contributed by atoms with E-state index in [0.29, 0.717) is 27.4 Å². The molecule has 0 spiro atoms. The second-order valence-electron chi connectivity index (χ2n) is 5.27. The Labute approximate surface area is 146 Å². The van der Waals surface area contributed by atoms with E-state index < -0.39 is 5.63 Å². The van der Waals surface area contributed by atoms with Crippen LogP contribution in [0.5, 0.6) is 5.75 Å². The molecular formula is C18H11ClN2O4. The van der Waals surface area contributed by atoms with Crippen LogP contribution in [0.1, 0.15) is 0 Å². The van der Waals surface area contributed by atoms with Gasteiger partial charge in [0.15, 0.2) is 0 Å². The van der Waals surface area contributed by atoms with E-state index in [4.69, 9.17) is 25.2 Å². The van der Waals surface area contributed by atoms with Crippen LogP contribution >= 0.6 is 11.6 Å². The molecule has 2 heterocycles. The van der Waals surface area contributed by atoms with Crippen molar-refractivity contribution in [2.75, 3.05) is 7.11 Å². The standard InChI is InChI=1S/C18H11ClN2O4/c1-23-13-5-2-10(3-6-13)16-20-21-17(25-16)14-9-11-8-12(19)4-7-15(11)24-18(14)22/h2-9H,1H3. The number of nitrogens with zero attached hydrogens (tertiary/aromatic N) is 2.